The molecule has 0 spiro atoms. The van der Waals surface area contributed by atoms with Crippen LogP contribution in [0, 0.1) is 0 Å². The Hall–Kier alpha value is -3.53. The minimum atomic E-state index is -0.306. The lowest BCUT2D eigenvalue weighted by Crippen LogP contribution is -2.48. The Morgan fingerprint density at radius 3 is 2.44 bits per heavy atom. The molecule has 0 unspecified atom stereocenters. The van der Waals surface area contributed by atoms with Crippen LogP contribution in [-0.4, -0.2) is 19.2 Å². The van der Waals surface area contributed by atoms with Crippen molar-refractivity contribution in [2.45, 2.75) is 6.17 Å². The molecule has 0 saturated carbocycles. The first kappa shape index (κ1) is 16.9. The topological polar surface area (TPSA) is 41.6 Å². The van der Waals surface area contributed by atoms with Gasteiger partial charge in [0.15, 0.2) is 0 Å². The normalized spacial score (nSPS) is 16.1. The van der Waals surface area contributed by atoms with Gasteiger partial charge in [-0.15, -0.1) is 0 Å². The Morgan fingerprint density at radius 2 is 1.63 bits per heavy atom. The molecular weight excluding hydrogens is 336 g/mol. The molecule has 1 heterocycles. The van der Waals surface area contributed by atoms with Crippen LogP contribution in [-0.2, 0) is 0 Å². The summed E-state index contributed by atoms with van der Waals surface area (Å²) in [5.41, 5.74) is 3.31. The number of anilines is 2. The van der Waals surface area contributed by atoms with Gasteiger partial charge < -0.3 is 10.1 Å². The summed E-state index contributed by atoms with van der Waals surface area (Å²) in [6, 6.07) is 25.1. The molecule has 4 nitrogen and oxygen atoms in total. The van der Waals surface area contributed by atoms with Crippen molar-refractivity contribution in [2.75, 3.05) is 17.3 Å². The van der Waals surface area contributed by atoms with Gasteiger partial charge in [0.05, 0.1) is 12.7 Å². The minimum Gasteiger partial charge on any atom is -0.496 e. The largest absolute Gasteiger partial charge is 0.496 e. The summed E-state index contributed by atoms with van der Waals surface area (Å²) >= 11 is 0. The molecular formula is C23H20N2O2. The van der Waals surface area contributed by atoms with Crippen LogP contribution in [0.25, 0.3) is 6.08 Å². The quantitative estimate of drug-likeness (QED) is 0.730. The molecule has 0 bridgehead atoms. The van der Waals surface area contributed by atoms with Crippen LogP contribution in [0.2, 0.25) is 0 Å². The molecule has 0 aromatic heterocycles. The molecule has 0 radical (unpaired) electrons. The number of methoxy groups -OCH3 is 1. The van der Waals surface area contributed by atoms with Gasteiger partial charge >= 0.3 is 0 Å². The fourth-order valence-corrected chi connectivity index (χ4v) is 3.27. The van der Waals surface area contributed by atoms with Crippen LogP contribution < -0.4 is 15.0 Å². The van der Waals surface area contributed by atoms with E-state index in [1.165, 1.54) is 0 Å². The van der Waals surface area contributed by atoms with Crippen molar-refractivity contribution in [3.05, 3.63) is 96.1 Å². The summed E-state index contributed by atoms with van der Waals surface area (Å²) < 4.78 is 5.42. The second-order valence-corrected chi connectivity index (χ2v) is 6.25. The average molecular weight is 356 g/mol. The second-order valence-electron chi connectivity index (χ2n) is 6.25. The number of rotatable bonds is 4. The number of carbonyl (C=O) groups excluding carboxylic acids is 1. The van der Waals surface area contributed by atoms with E-state index in [1.807, 2.05) is 91.0 Å². The molecule has 3 aromatic rings. The van der Waals surface area contributed by atoms with E-state index in [-0.39, 0.29) is 12.1 Å². The highest BCUT2D eigenvalue weighted by Crippen LogP contribution is 2.30. The van der Waals surface area contributed by atoms with Crippen molar-refractivity contribution in [3.63, 3.8) is 0 Å². The molecule has 4 heteroatoms. The van der Waals surface area contributed by atoms with E-state index in [1.54, 1.807) is 12.0 Å². The monoisotopic (exact) mass is 356 g/mol. The number of hydrogen-bond donors (Lipinski definition) is 1. The van der Waals surface area contributed by atoms with Gasteiger partial charge in [0, 0.05) is 16.9 Å². The number of para-hydroxylation sites is 3. The predicted molar refractivity (Wildman–Crippen MR) is 109 cm³/mol. The molecule has 3 aromatic carbocycles. The summed E-state index contributed by atoms with van der Waals surface area (Å²) in [6.07, 6.45) is 3.66. The first-order valence-electron chi connectivity index (χ1n) is 8.83. The zero-order valence-electron chi connectivity index (χ0n) is 15.0. The van der Waals surface area contributed by atoms with Crippen molar-refractivity contribution < 1.29 is 9.53 Å². The molecule has 4 rings (SSSR count). The first-order chi connectivity index (χ1) is 13.3. The Morgan fingerprint density at radius 1 is 0.926 bits per heavy atom. The zero-order valence-corrected chi connectivity index (χ0v) is 15.0. The standard InChI is InChI=1S/C23H20N2O2/c1-27-21-14-8-5-9-17(21)15-16-22-24-20-13-7-6-12-19(20)23(26)25(22)18-10-3-2-4-11-18/h2-16,22,24H,1H3/b16-15+/t22-/m0/s1. The van der Waals surface area contributed by atoms with Crippen molar-refractivity contribution in [1.82, 2.24) is 0 Å². The smallest absolute Gasteiger partial charge is 0.262 e. The lowest BCUT2D eigenvalue weighted by molar-refractivity contribution is 0.0980. The number of fused-ring (bicyclic) bond motifs is 1. The van der Waals surface area contributed by atoms with Gasteiger partial charge in [-0.3, -0.25) is 9.69 Å². The molecule has 27 heavy (non-hydrogen) atoms. The van der Waals surface area contributed by atoms with Crippen molar-refractivity contribution in [2.24, 2.45) is 0 Å². The molecule has 134 valence electrons. The maximum atomic E-state index is 13.2. The third kappa shape index (κ3) is 3.29. The maximum Gasteiger partial charge on any atom is 0.262 e. The highest BCUT2D eigenvalue weighted by molar-refractivity contribution is 6.12. The molecule has 0 aliphatic carbocycles. The number of nitrogens with one attached hydrogen (secondary N) is 1. The van der Waals surface area contributed by atoms with Gasteiger partial charge in [-0.2, -0.15) is 0 Å². The number of benzene rings is 3. The minimum absolute atomic E-state index is 0.0229. The zero-order chi connectivity index (χ0) is 18.6. The van der Waals surface area contributed by atoms with Crippen LogP contribution in [0.5, 0.6) is 5.75 Å². The van der Waals surface area contributed by atoms with Gasteiger partial charge in [0.25, 0.3) is 5.91 Å². The van der Waals surface area contributed by atoms with Gasteiger partial charge in [0.1, 0.15) is 11.9 Å². The number of carbonyl (C=O) groups is 1. The van der Waals surface area contributed by atoms with E-state index in [0.29, 0.717) is 5.56 Å². The summed E-state index contributed by atoms with van der Waals surface area (Å²) in [4.78, 5) is 15.0. The van der Waals surface area contributed by atoms with Gasteiger partial charge in [-0.1, -0.05) is 54.6 Å². The van der Waals surface area contributed by atoms with Gasteiger partial charge in [-0.05, 0) is 36.4 Å². The van der Waals surface area contributed by atoms with Crippen molar-refractivity contribution >= 4 is 23.4 Å². The predicted octanol–water partition coefficient (Wildman–Crippen LogP) is 4.81. The Bertz CT molecular complexity index is 982. The Labute approximate surface area is 158 Å². The Balaban J connectivity index is 1.75. The highest BCUT2D eigenvalue weighted by Gasteiger charge is 2.31. The van der Waals surface area contributed by atoms with E-state index in [2.05, 4.69) is 5.32 Å². The summed E-state index contributed by atoms with van der Waals surface area (Å²) in [7, 11) is 1.65. The SMILES string of the molecule is COc1ccccc1/C=C/[C@H]1Nc2ccccc2C(=O)N1c1ccccc1. The van der Waals surface area contributed by atoms with Crippen molar-refractivity contribution in [1.29, 1.82) is 0 Å². The van der Waals surface area contributed by atoms with Crippen LogP contribution in [0.3, 0.4) is 0 Å². The summed E-state index contributed by atoms with van der Waals surface area (Å²) in [5, 5.41) is 3.46. The van der Waals surface area contributed by atoms with E-state index in [4.69, 9.17) is 4.74 Å². The molecule has 0 fully saturated rings. The highest BCUT2D eigenvalue weighted by atomic mass is 16.5. The fraction of sp³-hybridized carbons (Fsp3) is 0.0870. The molecule has 1 aliphatic rings. The van der Waals surface area contributed by atoms with E-state index in [0.717, 1.165) is 22.7 Å². The lowest BCUT2D eigenvalue weighted by atomic mass is 10.1. The summed E-state index contributed by atoms with van der Waals surface area (Å²) in [6.45, 7) is 0. The third-order valence-electron chi connectivity index (χ3n) is 4.59. The van der Waals surface area contributed by atoms with Gasteiger partial charge in [0.2, 0.25) is 0 Å². The summed E-state index contributed by atoms with van der Waals surface area (Å²) in [5.74, 6) is 0.771. The van der Waals surface area contributed by atoms with Crippen LogP contribution in [0.15, 0.2) is 84.9 Å². The fourth-order valence-electron chi connectivity index (χ4n) is 3.27. The molecule has 1 atom stereocenters. The number of hydrogen-bond acceptors (Lipinski definition) is 3. The molecule has 0 saturated heterocycles. The average Bonchev–Trinajstić information content (AvgIpc) is 2.73. The van der Waals surface area contributed by atoms with Crippen molar-refractivity contribution in [3.8, 4) is 5.75 Å². The Kier molecular flexibility index (Phi) is 4.62. The van der Waals surface area contributed by atoms with Crippen LogP contribution >= 0.6 is 0 Å². The second kappa shape index (κ2) is 7.38. The number of amides is 1. The van der Waals surface area contributed by atoms with Crippen LogP contribution in [0.4, 0.5) is 11.4 Å². The van der Waals surface area contributed by atoms with Gasteiger partial charge in [-0.25, -0.2) is 0 Å². The lowest BCUT2D eigenvalue weighted by Gasteiger charge is -2.36. The molecule has 1 aliphatic heterocycles. The number of ether oxygens (including phenoxy) is 1. The third-order valence-corrected chi connectivity index (χ3v) is 4.59. The molecule has 1 amide bonds. The van der Waals surface area contributed by atoms with E-state index in [9.17, 15) is 4.79 Å². The number of nitrogens with zero attached hydrogens (tertiary/aromatic N) is 1. The van der Waals surface area contributed by atoms with E-state index < -0.39 is 0 Å². The van der Waals surface area contributed by atoms with Crippen LogP contribution in [0.1, 0.15) is 15.9 Å². The maximum absolute atomic E-state index is 13.2. The first-order valence-corrected chi connectivity index (χ1v) is 8.83. The van der Waals surface area contributed by atoms with E-state index >= 15 is 0 Å². The molecule has 1 N–H and O–H groups in total.